The van der Waals surface area contributed by atoms with Crippen LogP contribution in [0.1, 0.15) is 13.2 Å². The number of anilines is 1. The third-order valence-electron chi connectivity index (χ3n) is 2.88. The average Bonchev–Trinajstić information content (AvgIpc) is 2.66. The Morgan fingerprint density at radius 3 is 2.85 bits per heavy atom. The first-order valence-electron chi connectivity index (χ1n) is 5.89. The van der Waals surface area contributed by atoms with E-state index in [1.807, 2.05) is 0 Å². The second kappa shape index (κ2) is 5.65. The van der Waals surface area contributed by atoms with E-state index in [9.17, 15) is 19.1 Å². The van der Waals surface area contributed by atoms with Crippen molar-refractivity contribution in [1.82, 2.24) is 9.55 Å². The van der Waals surface area contributed by atoms with Crippen molar-refractivity contribution in [2.75, 3.05) is 11.9 Å². The summed E-state index contributed by atoms with van der Waals surface area (Å²) in [7, 11) is 0. The van der Waals surface area contributed by atoms with Crippen molar-refractivity contribution < 1.29 is 24.1 Å². The number of rotatable bonds is 3. The molecule has 0 bridgehead atoms. The molecular weight excluding hydrogens is 273 g/mol. The van der Waals surface area contributed by atoms with Crippen molar-refractivity contribution >= 4 is 11.7 Å². The van der Waals surface area contributed by atoms with Gasteiger partial charge in [0.15, 0.2) is 12.4 Å². The van der Waals surface area contributed by atoms with Gasteiger partial charge in [0.25, 0.3) is 0 Å². The summed E-state index contributed by atoms with van der Waals surface area (Å²) < 4.78 is 19.8. The zero-order valence-electron chi connectivity index (χ0n) is 10.6. The minimum Gasteiger partial charge on any atom is -0.394 e. The summed E-state index contributed by atoms with van der Waals surface area (Å²) >= 11 is 0. The standard InChI is InChI=1S/C11H14FN3O5/c1-5(17)13-7-2-3-15(11(19)14-7)10-8(12)9(18)6(4-16)20-10/h2-3,6,8-10,16,18H,4H2,1H3,(H,13,14,17,19). The molecule has 1 amide bonds. The van der Waals surface area contributed by atoms with Crippen LogP contribution in [0.15, 0.2) is 17.1 Å². The molecule has 0 aliphatic carbocycles. The lowest BCUT2D eigenvalue weighted by Crippen LogP contribution is -2.33. The summed E-state index contributed by atoms with van der Waals surface area (Å²) in [5.41, 5.74) is -0.838. The Hall–Kier alpha value is -1.84. The number of nitrogens with one attached hydrogen (secondary N) is 1. The van der Waals surface area contributed by atoms with Gasteiger partial charge < -0.3 is 20.3 Å². The fraction of sp³-hybridized carbons (Fsp3) is 0.545. The molecule has 20 heavy (non-hydrogen) atoms. The molecule has 4 unspecified atom stereocenters. The van der Waals surface area contributed by atoms with Crippen LogP contribution >= 0.6 is 0 Å². The summed E-state index contributed by atoms with van der Waals surface area (Å²) in [5.74, 6) is -0.364. The number of aliphatic hydroxyl groups is 2. The van der Waals surface area contributed by atoms with E-state index in [4.69, 9.17) is 9.84 Å². The normalized spacial score (nSPS) is 29.4. The first-order chi connectivity index (χ1) is 9.43. The van der Waals surface area contributed by atoms with Crippen LogP contribution in [-0.2, 0) is 9.53 Å². The fourth-order valence-corrected chi connectivity index (χ4v) is 1.93. The Bertz CT molecular complexity index is 563. The van der Waals surface area contributed by atoms with Crippen LogP contribution in [0.25, 0.3) is 0 Å². The molecule has 1 aromatic rings. The van der Waals surface area contributed by atoms with E-state index in [1.54, 1.807) is 0 Å². The van der Waals surface area contributed by atoms with Crippen LogP contribution in [0.5, 0.6) is 0 Å². The predicted octanol–water partition coefficient (Wildman–Crippen LogP) is -1.21. The Morgan fingerprint density at radius 2 is 2.35 bits per heavy atom. The van der Waals surface area contributed by atoms with E-state index in [1.165, 1.54) is 19.2 Å². The largest absolute Gasteiger partial charge is 0.394 e. The second-order valence-electron chi connectivity index (χ2n) is 4.37. The van der Waals surface area contributed by atoms with Gasteiger partial charge in [0, 0.05) is 13.1 Å². The number of ether oxygens (including phenoxy) is 1. The third-order valence-corrected chi connectivity index (χ3v) is 2.88. The summed E-state index contributed by atoms with van der Waals surface area (Å²) in [6, 6.07) is 1.30. The monoisotopic (exact) mass is 287 g/mol. The highest BCUT2D eigenvalue weighted by atomic mass is 19.1. The smallest absolute Gasteiger partial charge is 0.351 e. The number of aromatic nitrogens is 2. The maximum Gasteiger partial charge on any atom is 0.351 e. The number of nitrogens with zero attached hydrogens (tertiary/aromatic N) is 2. The maximum atomic E-state index is 13.9. The molecule has 1 aliphatic rings. The predicted molar refractivity (Wildman–Crippen MR) is 64.7 cm³/mol. The molecule has 2 rings (SSSR count). The molecule has 4 atom stereocenters. The fourth-order valence-electron chi connectivity index (χ4n) is 1.93. The minimum absolute atomic E-state index is 0.0337. The molecule has 0 spiro atoms. The molecule has 1 saturated heterocycles. The van der Waals surface area contributed by atoms with Crippen molar-refractivity contribution in [3.05, 3.63) is 22.7 Å². The second-order valence-corrected chi connectivity index (χ2v) is 4.37. The Balaban J connectivity index is 2.26. The number of aliphatic hydroxyl groups excluding tert-OH is 2. The number of hydrogen-bond acceptors (Lipinski definition) is 6. The molecule has 0 aromatic carbocycles. The van der Waals surface area contributed by atoms with E-state index < -0.39 is 42.8 Å². The van der Waals surface area contributed by atoms with E-state index in [0.29, 0.717) is 0 Å². The van der Waals surface area contributed by atoms with Gasteiger partial charge in [-0.25, -0.2) is 9.18 Å². The van der Waals surface area contributed by atoms with Crippen molar-refractivity contribution in [1.29, 1.82) is 0 Å². The molecule has 3 N–H and O–H groups in total. The molecule has 1 aromatic heterocycles. The van der Waals surface area contributed by atoms with Crippen molar-refractivity contribution in [2.45, 2.75) is 31.5 Å². The van der Waals surface area contributed by atoms with Gasteiger partial charge in [-0.3, -0.25) is 9.36 Å². The molecule has 1 fully saturated rings. The number of carbonyl (C=O) groups is 1. The highest BCUT2D eigenvalue weighted by Gasteiger charge is 2.45. The molecule has 1 aliphatic heterocycles. The summed E-state index contributed by atoms with van der Waals surface area (Å²) in [5, 5.41) is 20.7. The lowest BCUT2D eigenvalue weighted by Gasteiger charge is -2.15. The van der Waals surface area contributed by atoms with Crippen LogP contribution < -0.4 is 11.0 Å². The highest BCUT2D eigenvalue weighted by Crippen LogP contribution is 2.30. The quantitative estimate of drug-likeness (QED) is 0.643. The van der Waals surface area contributed by atoms with Gasteiger partial charge in [-0.1, -0.05) is 0 Å². The SMILES string of the molecule is CC(=O)Nc1ccn(C2OC(CO)C(O)C2F)c(=O)n1. The van der Waals surface area contributed by atoms with Gasteiger partial charge in [0.05, 0.1) is 6.61 Å². The Labute approximate surface area is 112 Å². The van der Waals surface area contributed by atoms with Crippen LogP contribution in [-0.4, -0.2) is 50.7 Å². The first kappa shape index (κ1) is 14.6. The molecular formula is C11H14FN3O5. The Morgan fingerprint density at radius 1 is 1.65 bits per heavy atom. The van der Waals surface area contributed by atoms with Gasteiger partial charge in [0.2, 0.25) is 5.91 Å². The molecule has 110 valence electrons. The van der Waals surface area contributed by atoms with Crippen molar-refractivity contribution in [2.24, 2.45) is 0 Å². The molecule has 2 heterocycles. The average molecular weight is 287 g/mol. The zero-order valence-corrected chi connectivity index (χ0v) is 10.6. The number of halogens is 1. The molecule has 9 heteroatoms. The molecule has 0 radical (unpaired) electrons. The lowest BCUT2D eigenvalue weighted by atomic mass is 10.1. The first-order valence-corrected chi connectivity index (χ1v) is 5.89. The van der Waals surface area contributed by atoms with Gasteiger partial charge >= 0.3 is 5.69 Å². The van der Waals surface area contributed by atoms with E-state index in [-0.39, 0.29) is 5.82 Å². The van der Waals surface area contributed by atoms with Crippen LogP contribution in [0.3, 0.4) is 0 Å². The third kappa shape index (κ3) is 2.69. The van der Waals surface area contributed by atoms with Crippen LogP contribution in [0.4, 0.5) is 10.2 Å². The van der Waals surface area contributed by atoms with E-state index in [2.05, 4.69) is 10.3 Å². The summed E-state index contributed by atoms with van der Waals surface area (Å²) in [6.45, 7) is 0.692. The summed E-state index contributed by atoms with van der Waals surface area (Å²) in [6.07, 6.45) is -4.65. The van der Waals surface area contributed by atoms with Crippen molar-refractivity contribution in [3.63, 3.8) is 0 Å². The highest BCUT2D eigenvalue weighted by molar-refractivity contribution is 5.87. The van der Waals surface area contributed by atoms with Gasteiger partial charge in [-0.05, 0) is 6.07 Å². The van der Waals surface area contributed by atoms with Crippen molar-refractivity contribution in [3.8, 4) is 0 Å². The van der Waals surface area contributed by atoms with Gasteiger partial charge in [-0.15, -0.1) is 0 Å². The van der Waals surface area contributed by atoms with Gasteiger partial charge in [0.1, 0.15) is 18.0 Å². The van der Waals surface area contributed by atoms with Crippen LogP contribution in [0.2, 0.25) is 0 Å². The number of carbonyl (C=O) groups excluding carboxylic acids is 1. The number of amides is 1. The maximum absolute atomic E-state index is 13.9. The lowest BCUT2D eigenvalue weighted by molar-refractivity contribution is -0.114. The number of alkyl halides is 1. The summed E-state index contributed by atoms with van der Waals surface area (Å²) in [4.78, 5) is 26.2. The molecule has 8 nitrogen and oxygen atoms in total. The molecule has 0 saturated carbocycles. The van der Waals surface area contributed by atoms with Gasteiger partial charge in [-0.2, -0.15) is 4.98 Å². The number of hydrogen-bond donors (Lipinski definition) is 3. The topological polar surface area (TPSA) is 114 Å². The zero-order chi connectivity index (χ0) is 14.9. The van der Waals surface area contributed by atoms with E-state index in [0.717, 1.165) is 4.57 Å². The van der Waals surface area contributed by atoms with E-state index >= 15 is 0 Å². The van der Waals surface area contributed by atoms with Crippen LogP contribution in [0, 0.1) is 0 Å². The minimum atomic E-state index is -1.86. The Kier molecular flexibility index (Phi) is 4.12.